The molecule has 0 saturated carbocycles. The van der Waals surface area contributed by atoms with E-state index < -0.39 is 0 Å². The molecule has 2 N–H and O–H groups in total. The molecule has 7 heteroatoms. The fourth-order valence-electron chi connectivity index (χ4n) is 3.38. The topological polar surface area (TPSA) is 75.9 Å². The van der Waals surface area contributed by atoms with Gasteiger partial charge in [0.2, 0.25) is 0 Å². The number of hydrogen-bond donors (Lipinski definition) is 2. The van der Waals surface area contributed by atoms with Crippen LogP contribution in [0.15, 0.2) is 73.2 Å². The van der Waals surface area contributed by atoms with Gasteiger partial charge in [-0.1, -0.05) is 12.1 Å². The fourth-order valence-corrected chi connectivity index (χ4v) is 3.38. The lowest BCUT2D eigenvalue weighted by Gasteiger charge is -2.09. The largest absolute Gasteiger partial charge is 0.508 e. The molecule has 142 valence electrons. The van der Waals surface area contributed by atoms with Gasteiger partial charge in [-0.25, -0.2) is 14.4 Å². The van der Waals surface area contributed by atoms with Crippen molar-refractivity contribution in [3.63, 3.8) is 0 Å². The standard InChI is InChI=1S/C22H16FN5O/c23-16-3-1-2-14(8-16)12-28-21-7-4-17(9-15(21)11-26-28)27-22-19-10-18(29)5-6-20(19)24-13-25-22/h1-11,13,29H,12H2,(H,24,25,27). The van der Waals surface area contributed by atoms with Crippen molar-refractivity contribution >= 4 is 33.3 Å². The predicted molar refractivity (Wildman–Crippen MR) is 110 cm³/mol. The van der Waals surface area contributed by atoms with Crippen LogP contribution in [0, 0.1) is 5.82 Å². The second kappa shape index (κ2) is 6.87. The van der Waals surface area contributed by atoms with E-state index in [0.29, 0.717) is 12.4 Å². The van der Waals surface area contributed by atoms with Crippen LogP contribution >= 0.6 is 0 Å². The number of phenols is 1. The summed E-state index contributed by atoms with van der Waals surface area (Å²) in [5.41, 5.74) is 3.38. The molecule has 3 aromatic carbocycles. The molecular formula is C22H16FN5O. The molecule has 0 atom stereocenters. The van der Waals surface area contributed by atoms with E-state index in [2.05, 4.69) is 20.4 Å². The average molecular weight is 385 g/mol. The number of fused-ring (bicyclic) bond motifs is 2. The molecule has 5 rings (SSSR count). The molecule has 0 aliphatic rings. The molecule has 0 amide bonds. The summed E-state index contributed by atoms with van der Waals surface area (Å²) in [6, 6.07) is 17.4. The first-order valence-electron chi connectivity index (χ1n) is 9.06. The van der Waals surface area contributed by atoms with Crippen molar-refractivity contribution in [1.29, 1.82) is 0 Å². The van der Waals surface area contributed by atoms with Gasteiger partial charge in [-0.15, -0.1) is 0 Å². The third-order valence-corrected chi connectivity index (χ3v) is 4.74. The van der Waals surface area contributed by atoms with Gasteiger partial charge < -0.3 is 10.4 Å². The summed E-state index contributed by atoms with van der Waals surface area (Å²) in [5, 5.41) is 19.2. The van der Waals surface area contributed by atoms with Crippen LogP contribution in [-0.2, 0) is 6.54 Å². The monoisotopic (exact) mass is 385 g/mol. The summed E-state index contributed by atoms with van der Waals surface area (Å²) >= 11 is 0. The molecule has 0 saturated heterocycles. The van der Waals surface area contributed by atoms with Gasteiger partial charge in [-0.2, -0.15) is 5.10 Å². The lowest BCUT2D eigenvalue weighted by Crippen LogP contribution is -2.01. The number of phenolic OH excluding ortho intramolecular Hbond substituents is 1. The van der Waals surface area contributed by atoms with E-state index in [4.69, 9.17) is 0 Å². The predicted octanol–water partition coefficient (Wildman–Crippen LogP) is 4.62. The van der Waals surface area contributed by atoms with Crippen molar-refractivity contribution < 1.29 is 9.50 Å². The molecule has 0 bridgehead atoms. The molecule has 2 aromatic heterocycles. The van der Waals surface area contributed by atoms with E-state index in [9.17, 15) is 9.50 Å². The maximum absolute atomic E-state index is 13.4. The maximum atomic E-state index is 13.4. The summed E-state index contributed by atoms with van der Waals surface area (Å²) in [6.45, 7) is 0.490. The first-order chi connectivity index (χ1) is 14.2. The van der Waals surface area contributed by atoms with Crippen molar-refractivity contribution in [2.24, 2.45) is 0 Å². The fraction of sp³-hybridized carbons (Fsp3) is 0.0455. The Kier molecular flexibility index (Phi) is 4.05. The SMILES string of the molecule is Oc1ccc2ncnc(Nc3ccc4c(cnn4Cc4cccc(F)c4)c3)c2c1. The molecule has 0 aliphatic carbocycles. The van der Waals surface area contributed by atoms with Gasteiger partial charge in [0.05, 0.1) is 23.8 Å². The van der Waals surface area contributed by atoms with Crippen molar-refractivity contribution in [3.05, 3.63) is 84.6 Å². The van der Waals surface area contributed by atoms with Crippen LogP contribution in [0.25, 0.3) is 21.8 Å². The van der Waals surface area contributed by atoms with E-state index in [1.807, 2.05) is 28.9 Å². The van der Waals surface area contributed by atoms with E-state index >= 15 is 0 Å². The first kappa shape index (κ1) is 17.1. The molecule has 0 spiro atoms. The molecule has 0 unspecified atom stereocenters. The zero-order chi connectivity index (χ0) is 19.8. The Bertz CT molecular complexity index is 1350. The number of aromatic hydroxyl groups is 1. The summed E-state index contributed by atoms with van der Waals surface area (Å²) in [6.07, 6.45) is 3.26. The van der Waals surface area contributed by atoms with Crippen LogP contribution in [0.2, 0.25) is 0 Å². The second-order valence-electron chi connectivity index (χ2n) is 6.75. The Morgan fingerprint density at radius 1 is 1.00 bits per heavy atom. The van der Waals surface area contributed by atoms with E-state index in [-0.39, 0.29) is 11.6 Å². The molecule has 2 heterocycles. The second-order valence-corrected chi connectivity index (χ2v) is 6.75. The normalized spacial score (nSPS) is 11.2. The highest BCUT2D eigenvalue weighted by molar-refractivity contribution is 5.92. The number of nitrogens with zero attached hydrogens (tertiary/aromatic N) is 4. The number of anilines is 2. The molecule has 0 radical (unpaired) electrons. The lowest BCUT2D eigenvalue weighted by molar-refractivity contribution is 0.476. The zero-order valence-corrected chi connectivity index (χ0v) is 15.2. The van der Waals surface area contributed by atoms with Crippen molar-refractivity contribution in [2.75, 3.05) is 5.32 Å². The van der Waals surface area contributed by atoms with Gasteiger partial charge in [-0.05, 0) is 54.1 Å². The smallest absolute Gasteiger partial charge is 0.141 e. The van der Waals surface area contributed by atoms with Gasteiger partial charge in [0.25, 0.3) is 0 Å². The van der Waals surface area contributed by atoms with Gasteiger partial charge in [0.15, 0.2) is 0 Å². The number of benzene rings is 3. The summed E-state index contributed by atoms with van der Waals surface area (Å²) in [7, 11) is 0. The molecule has 0 aliphatic heterocycles. The number of rotatable bonds is 4. The van der Waals surface area contributed by atoms with E-state index in [1.54, 1.807) is 30.5 Å². The molecule has 0 fully saturated rings. The van der Waals surface area contributed by atoms with Gasteiger partial charge in [0.1, 0.15) is 23.7 Å². The van der Waals surface area contributed by atoms with Crippen LogP contribution in [0.1, 0.15) is 5.56 Å². The summed E-state index contributed by atoms with van der Waals surface area (Å²) in [4.78, 5) is 8.52. The maximum Gasteiger partial charge on any atom is 0.141 e. The minimum absolute atomic E-state index is 0.157. The van der Waals surface area contributed by atoms with Gasteiger partial charge in [0, 0.05) is 16.5 Å². The van der Waals surface area contributed by atoms with Crippen molar-refractivity contribution in [3.8, 4) is 5.75 Å². The minimum atomic E-state index is -0.256. The third kappa shape index (κ3) is 3.34. The van der Waals surface area contributed by atoms with Crippen LogP contribution < -0.4 is 5.32 Å². The van der Waals surface area contributed by atoms with Crippen molar-refractivity contribution in [1.82, 2.24) is 19.7 Å². The molecular weight excluding hydrogens is 369 g/mol. The molecule has 5 aromatic rings. The van der Waals surface area contributed by atoms with E-state index in [0.717, 1.165) is 33.1 Å². The number of nitrogens with one attached hydrogen (secondary N) is 1. The Balaban J connectivity index is 1.46. The van der Waals surface area contributed by atoms with Crippen LogP contribution in [0.3, 0.4) is 0 Å². The third-order valence-electron chi connectivity index (χ3n) is 4.74. The number of hydrogen-bond acceptors (Lipinski definition) is 5. The van der Waals surface area contributed by atoms with Crippen LogP contribution in [0.5, 0.6) is 5.75 Å². The minimum Gasteiger partial charge on any atom is -0.508 e. The van der Waals surface area contributed by atoms with Crippen molar-refractivity contribution in [2.45, 2.75) is 6.54 Å². The quantitative estimate of drug-likeness (QED) is 0.472. The number of halogens is 1. The summed E-state index contributed by atoms with van der Waals surface area (Å²) < 4.78 is 15.3. The van der Waals surface area contributed by atoms with E-state index in [1.165, 1.54) is 18.5 Å². The molecule has 6 nitrogen and oxygen atoms in total. The Morgan fingerprint density at radius 3 is 2.83 bits per heavy atom. The lowest BCUT2D eigenvalue weighted by atomic mass is 10.2. The first-order valence-corrected chi connectivity index (χ1v) is 9.06. The van der Waals surface area contributed by atoms with Crippen LogP contribution in [0.4, 0.5) is 15.9 Å². The van der Waals surface area contributed by atoms with Crippen LogP contribution in [-0.4, -0.2) is 24.9 Å². The van der Waals surface area contributed by atoms with Gasteiger partial charge in [-0.3, -0.25) is 4.68 Å². The Hall–Kier alpha value is -4.00. The zero-order valence-electron chi connectivity index (χ0n) is 15.2. The number of aromatic nitrogens is 4. The molecule has 29 heavy (non-hydrogen) atoms. The summed E-state index contributed by atoms with van der Waals surface area (Å²) in [5.74, 6) is 0.510. The highest BCUT2D eigenvalue weighted by Gasteiger charge is 2.08. The highest BCUT2D eigenvalue weighted by atomic mass is 19.1. The average Bonchev–Trinajstić information content (AvgIpc) is 3.10. The Morgan fingerprint density at radius 2 is 1.93 bits per heavy atom. The van der Waals surface area contributed by atoms with Gasteiger partial charge >= 0.3 is 0 Å². The highest BCUT2D eigenvalue weighted by Crippen LogP contribution is 2.28. The Labute approximate surface area is 165 Å².